The number of carbonyl (C=O) groups is 1. The molecule has 0 amide bonds. The second-order valence-corrected chi connectivity index (χ2v) is 7.89. The van der Waals surface area contributed by atoms with E-state index < -0.39 is 30.5 Å². The summed E-state index contributed by atoms with van der Waals surface area (Å²) in [6.45, 7) is 0.694. The highest BCUT2D eigenvalue weighted by Crippen LogP contribution is 2.39. The van der Waals surface area contributed by atoms with Crippen LogP contribution in [0.2, 0.25) is 0 Å². The zero-order valence-electron chi connectivity index (χ0n) is 16.8. The van der Waals surface area contributed by atoms with Crippen molar-refractivity contribution >= 4 is 16.9 Å². The van der Waals surface area contributed by atoms with Crippen molar-refractivity contribution in [2.24, 2.45) is 0 Å². The molecular formula is C22H21F2N5O2. The Balaban J connectivity index is 1.70. The number of nitrogens with zero attached hydrogens (tertiary/aromatic N) is 4. The van der Waals surface area contributed by atoms with Crippen molar-refractivity contribution in [2.45, 2.75) is 43.7 Å². The van der Waals surface area contributed by atoms with E-state index in [1.165, 1.54) is 0 Å². The first-order valence-corrected chi connectivity index (χ1v) is 9.98. The van der Waals surface area contributed by atoms with Crippen molar-refractivity contribution in [1.82, 2.24) is 20.1 Å². The van der Waals surface area contributed by atoms with Gasteiger partial charge in [0.05, 0.1) is 35.9 Å². The summed E-state index contributed by atoms with van der Waals surface area (Å²) in [6, 6.07) is 9.98. The van der Waals surface area contributed by atoms with Gasteiger partial charge in [0, 0.05) is 29.2 Å². The van der Waals surface area contributed by atoms with Crippen LogP contribution < -0.4 is 5.32 Å². The summed E-state index contributed by atoms with van der Waals surface area (Å²) >= 11 is 0. The zero-order valence-corrected chi connectivity index (χ0v) is 16.8. The van der Waals surface area contributed by atoms with E-state index in [0.29, 0.717) is 11.5 Å². The minimum absolute atomic E-state index is 0.479. The van der Waals surface area contributed by atoms with Crippen LogP contribution in [0.4, 0.5) is 8.78 Å². The van der Waals surface area contributed by atoms with Gasteiger partial charge in [-0.15, -0.1) is 0 Å². The first-order chi connectivity index (χ1) is 14.8. The van der Waals surface area contributed by atoms with Crippen LogP contribution in [0.15, 0.2) is 42.7 Å². The first kappa shape index (κ1) is 20.9. The fraction of sp³-hybridized carbons (Fsp3) is 0.364. The zero-order chi connectivity index (χ0) is 22.2. The Kier molecular flexibility index (Phi) is 5.41. The van der Waals surface area contributed by atoms with Gasteiger partial charge in [0.1, 0.15) is 0 Å². The van der Waals surface area contributed by atoms with Gasteiger partial charge in [-0.05, 0) is 49.6 Å². The Bertz CT molecular complexity index is 1150. The summed E-state index contributed by atoms with van der Waals surface area (Å²) in [5, 5.41) is 25.7. The molecule has 0 bridgehead atoms. The lowest BCUT2D eigenvalue weighted by atomic mass is 10.0. The van der Waals surface area contributed by atoms with Gasteiger partial charge in [-0.1, -0.05) is 6.07 Å². The van der Waals surface area contributed by atoms with Gasteiger partial charge in [-0.2, -0.15) is 19.1 Å². The molecule has 3 aromatic rings. The predicted octanol–water partition coefficient (Wildman–Crippen LogP) is 3.47. The highest BCUT2D eigenvalue weighted by Gasteiger charge is 2.39. The Morgan fingerprint density at radius 3 is 2.74 bits per heavy atom. The average molecular weight is 425 g/mol. The van der Waals surface area contributed by atoms with Crippen LogP contribution in [0.1, 0.15) is 48.5 Å². The molecule has 0 aliphatic heterocycles. The van der Waals surface area contributed by atoms with Gasteiger partial charge < -0.3 is 10.4 Å². The van der Waals surface area contributed by atoms with Gasteiger partial charge in [-0.25, -0.2) is 4.79 Å². The van der Waals surface area contributed by atoms with E-state index >= 15 is 0 Å². The van der Waals surface area contributed by atoms with E-state index in [9.17, 15) is 13.6 Å². The van der Waals surface area contributed by atoms with Gasteiger partial charge in [0.2, 0.25) is 0 Å². The van der Waals surface area contributed by atoms with Crippen molar-refractivity contribution in [3.63, 3.8) is 0 Å². The number of alkyl halides is 2. The van der Waals surface area contributed by atoms with E-state index in [4.69, 9.17) is 10.4 Å². The molecule has 2 aromatic heterocycles. The predicted molar refractivity (Wildman–Crippen MR) is 109 cm³/mol. The van der Waals surface area contributed by atoms with Crippen LogP contribution >= 0.6 is 0 Å². The molecule has 0 radical (unpaired) electrons. The van der Waals surface area contributed by atoms with Gasteiger partial charge in [0.25, 0.3) is 0 Å². The van der Waals surface area contributed by atoms with Gasteiger partial charge in [-0.3, -0.25) is 9.67 Å². The van der Waals surface area contributed by atoms with Crippen LogP contribution in [-0.2, 0) is 4.79 Å². The van der Waals surface area contributed by atoms with Crippen molar-refractivity contribution in [3.05, 3.63) is 59.5 Å². The molecule has 2 N–H and O–H groups in total. The molecule has 0 spiro atoms. The van der Waals surface area contributed by atoms with Gasteiger partial charge in [0.15, 0.2) is 0 Å². The van der Waals surface area contributed by atoms with Crippen molar-refractivity contribution in [3.8, 4) is 6.07 Å². The lowest BCUT2D eigenvalue weighted by Gasteiger charge is -2.27. The summed E-state index contributed by atoms with van der Waals surface area (Å²) in [5.41, 5.74) is 2.99. The minimum atomic E-state index is -3.89. The third-order valence-electron chi connectivity index (χ3n) is 5.57. The third kappa shape index (κ3) is 4.25. The Hall–Kier alpha value is -3.38. The fourth-order valence-electron chi connectivity index (χ4n) is 3.67. The summed E-state index contributed by atoms with van der Waals surface area (Å²) in [5.74, 6) is -5.58. The second-order valence-electron chi connectivity index (χ2n) is 7.89. The van der Waals surface area contributed by atoms with Crippen LogP contribution in [0.25, 0.3) is 10.9 Å². The molecule has 160 valence electrons. The molecule has 0 unspecified atom stereocenters. The number of hydrogen-bond donors (Lipinski definition) is 2. The largest absolute Gasteiger partial charge is 0.477 e. The molecule has 4 rings (SSSR count). The molecule has 1 aromatic carbocycles. The number of rotatable bonds is 8. The Morgan fingerprint density at radius 2 is 2.13 bits per heavy atom. The average Bonchev–Trinajstić information content (AvgIpc) is 3.53. The fourth-order valence-corrected chi connectivity index (χ4v) is 3.67. The van der Waals surface area contributed by atoms with Gasteiger partial charge >= 0.3 is 11.9 Å². The summed E-state index contributed by atoms with van der Waals surface area (Å²) in [6.07, 6.45) is 5.57. The number of carboxylic acids is 1. The van der Waals surface area contributed by atoms with E-state index in [1.807, 2.05) is 12.1 Å². The quantitative estimate of drug-likeness (QED) is 0.573. The summed E-state index contributed by atoms with van der Waals surface area (Å²) in [7, 11) is 0. The summed E-state index contributed by atoms with van der Waals surface area (Å²) in [4.78, 5) is 15.3. The minimum Gasteiger partial charge on any atom is -0.477 e. The summed E-state index contributed by atoms with van der Waals surface area (Å²) < 4.78 is 29.0. The lowest BCUT2D eigenvalue weighted by Crippen LogP contribution is -2.46. The monoisotopic (exact) mass is 425 g/mol. The molecule has 1 aliphatic rings. The third-order valence-corrected chi connectivity index (χ3v) is 5.57. The number of nitrogens with one attached hydrogen (secondary N) is 1. The van der Waals surface area contributed by atoms with Crippen molar-refractivity contribution in [1.29, 1.82) is 5.26 Å². The number of fused-ring (bicyclic) bond motifs is 1. The highest BCUT2D eigenvalue weighted by atomic mass is 19.3. The maximum Gasteiger partial charge on any atom is 0.375 e. The van der Waals surface area contributed by atoms with E-state index in [2.05, 4.69) is 21.5 Å². The van der Waals surface area contributed by atoms with Crippen LogP contribution in [0.3, 0.4) is 0 Å². The maximum absolute atomic E-state index is 13.7. The number of aliphatic carboxylic acids is 1. The van der Waals surface area contributed by atoms with E-state index in [0.717, 1.165) is 35.0 Å². The van der Waals surface area contributed by atoms with Crippen molar-refractivity contribution < 1.29 is 18.7 Å². The van der Waals surface area contributed by atoms with E-state index in [-0.39, 0.29) is 0 Å². The normalized spacial score (nSPS) is 16.1. The molecule has 9 heteroatoms. The number of hydrogen-bond acceptors (Lipinski definition) is 5. The Morgan fingerprint density at radius 1 is 1.35 bits per heavy atom. The first-order valence-electron chi connectivity index (χ1n) is 9.98. The maximum atomic E-state index is 13.7. The highest BCUT2D eigenvalue weighted by molar-refractivity contribution is 5.80. The standard InChI is InChI=1S/C22H21F2N5O2/c1-13(27-12-22(23,24)21(30)31)20(16-5-6-18(26-10-16)15-3-4-15)29-19-7-2-14(9-25)8-17(19)11-28-29/h2,5-8,10-11,13,15,20,27H,3-4,12H2,1H3,(H,30,31)/t13-,20-/m0/s1. The number of nitriles is 1. The van der Waals surface area contributed by atoms with Crippen molar-refractivity contribution in [2.75, 3.05) is 6.54 Å². The molecular weight excluding hydrogens is 404 g/mol. The number of carboxylic acid groups (broad SMARTS) is 1. The molecule has 2 atom stereocenters. The second kappa shape index (κ2) is 8.04. The van der Waals surface area contributed by atoms with Crippen LogP contribution in [0, 0.1) is 11.3 Å². The molecule has 7 nitrogen and oxygen atoms in total. The van der Waals surface area contributed by atoms with Crippen LogP contribution in [0.5, 0.6) is 0 Å². The Labute approximate surface area is 177 Å². The molecule has 2 heterocycles. The lowest BCUT2D eigenvalue weighted by molar-refractivity contribution is -0.164. The molecule has 1 aliphatic carbocycles. The molecule has 31 heavy (non-hydrogen) atoms. The molecule has 1 fully saturated rings. The number of pyridine rings is 1. The number of benzene rings is 1. The molecule has 0 saturated heterocycles. The van der Waals surface area contributed by atoms with Crippen LogP contribution in [-0.4, -0.2) is 44.3 Å². The topological polar surface area (TPSA) is 104 Å². The number of halogens is 2. The van der Waals surface area contributed by atoms with E-state index in [1.54, 1.807) is 42.2 Å². The number of aromatic nitrogens is 3. The smallest absolute Gasteiger partial charge is 0.375 e. The SMILES string of the molecule is C[C@H](NCC(F)(F)C(=O)O)[C@@H](c1ccc(C2CC2)nc1)n1ncc2cc(C#N)ccc21. The molecule has 1 saturated carbocycles.